The van der Waals surface area contributed by atoms with Crippen LogP contribution in [0.3, 0.4) is 0 Å². The summed E-state index contributed by atoms with van der Waals surface area (Å²) in [6.07, 6.45) is 47.0. The van der Waals surface area contributed by atoms with Gasteiger partial charge in [-0.25, -0.2) is 0 Å². The molecule has 5 aliphatic carbocycles. The summed E-state index contributed by atoms with van der Waals surface area (Å²) >= 11 is 4.16. The lowest BCUT2D eigenvalue weighted by Gasteiger charge is -2.59. The third kappa shape index (κ3) is 4.51. The molecular weight excluding hydrogens is 667 g/mol. The Bertz CT molecular complexity index is 2290. The minimum absolute atomic E-state index is 0.228. The summed E-state index contributed by atoms with van der Waals surface area (Å²) in [6.45, 7) is 0. The predicted molar refractivity (Wildman–Crippen MR) is 221 cm³/mol. The number of anilines is 1. The maximum atomic E-state index is 2.74. The zero-order valence-electron chi connectivity index (χ0n) is 29.0. The van der Waals surface area contributed by atoms with Gasteiger partial charge in [-0.15, -0.1) is 11.8 Å². The number of para-hydroxylation sites is 1. The maximum absolute atomic E-state index is 2.74. The number of nitrogens with zero attached hydrogens (tertiary/aromatic N) is 1. The van der Waals surface area contributed by atoms with E-state index in [4.69, 9.17) is 0 Å². The van der Waals surface area contributed by atoms with Crippen LogP contribution in [0.2, 0.25) is 0 Å². The molecule has 0 aromatic heterocycles. The molecule has 3 heteroatoms. The van der Waals surface area contributed by atoms with Crippen molar-refractivity contribution in [1.29, 1.82) is 0 Å². The van der Waals surface area contributed by atoms with Gasteiger partial charge in [-0.1, -0.05) is 175 Å². The molecule has 1 spiro atoms. The third-order valence-corrected chi connectivity index (χ3v) is 15.5. The molecule has 8 aliphatic rings. The maximum Gasteiger partial charge on any atom is 0.0586 e. The van der Waals surface area contributed by atoms with E-state index < -0.39 is 0 Å². The second-order valence-corrected chi connectivity index (χ2v) is 17.7. The van der Waals surface area contributed by atoms with E-state index in [1.807, 2.05) is 11.8 Å². The minimum atomic E-state index is -0.228. The van der Waals surface area contributed by atoms with Crippen LogP contribution in [-0.2, 0) is 5.41 Å². The van der Waals surface area contributed by atoms with Crippen molar-refractivity contribution in [2.45, 2.75) is 56.5 Å². The molecule has 52 heavy (non-hydrogen) atoms. The van der Waals surface area contributed by atoms with E-state index in [2.05, 4.69) is 193 Å². The van der Waals surface area contributed by atoms with E-state index in [9.17, 15) is 0 Å². The van der Waals surface area contributed by atoms with Crippen molar-refractivity contribution in [2.24, 2.45) is 17.8 Å². The van der Waals surface area contributed by atoms with Crippen LogP contribution in [0.4, 0.5) is 5.69 Å². The standard InChI is InChI=1S/C49H41NS2/c1-3-15-32(16-4-1)35-20-14-28-46-47(35)49(40-24-9-12-27-44(40)52-46)39-23-8-11-26-43(39)51-45-30-29-33(31-41(45)49)36-21-13-22-38-37-19-7-10-25-42(37)50(48(36)38)34-17-5-2-6-18-34/h1-15,17,19-32,34,37,40,42,44,46-47H,16,18H2. The summed E-state index contributed by atoms with van der Waals surface area (Å²) in [4.78, 5) is 5.56. The first kappa shape index (κ1) is 31.1. The lowest BCUT2D eigenvalue weighted by atomic mass is 9.52. The van der Waals surface area contributed by atoms with Gasteiger partial charge in [0.25, 0.3) is 0 Å². The molecule has 1 fully saturated rings. The Balaban J connectivity index is 1.16. The highest BCUT2D eigenvalue weighted by Crippen LogP contribution is 2.66. The normalized spacial score (nSPS) is 33.7. The van der Waals surface area contributed by atoms with Crippen LogP contribution in [0.15, 0.2) is 191 Å². The van der Waals surface area contributed by atoms with Crippen molar-refractivity contribution >= 4 is 29.2 Å². The molecule has 1 nitrogen and oxygen atoms in total. The molecule has 3 aliphatic heterocycles. The Hall–Kier alpha value is -4.44. The summed E-state index contributed by atoms with van der Waals surface area (Å²) < 4.78 is 0. The number of benzene rings is 3. The molecule has 0 amide bonds. The monoisotopic (exact) mass is 707 g/mol. The Morgan fingerprint density at radius 2 is 1.44 bits per heavy atom. The third-order valence-electron chi connectivity index (χ3n) is 12.8. The van der Waals surface area contributed by atoms with Crippen molar-refractivity contribution < 1.29 is 0 Å². The Morgan fingerprint density at radius 1 is 0.635 bits per heavy atom. The number of rotatable bonds is 3. The first-order valence-electron chi connectivity index (χ1n) is 19.0. The van der Waals surface area contributed by atoms with E-state index in [1.54, 1.807) is 5.57 Å². The summed E-state index contributed by atoms with van der Waals surface area (Å²) in [5, 5.41) is 0.780. The largest absolute Gasteiger partial charge is 0.357 e. The van der Waals surface area contributed by atoms with E-state index >= 15 is 0 Å². The van der Waals surface area contributed by atoms with Gasteiger partial charge in [0.2, 0.25) is 0 Å². The fourth-order valence-corrected chi connectivity index (χ4v) is 13.7. The number of hydrogen-bond donors (Lipinski definition) is 0. The zero-order valence-corrected chi connectivity index (χ0v) is 30.7. The van der Waals surface area contributed by atoms with Crippen LogP contribution in [-0.4, -0.2) is 22.6 Å². The summed E-state index contributed by atoms with van der Waals surface area (Å²) in [7, 11) is 0. The average Bonchev–Trinajstić information content (AvgIpc) is 3.56. The molecule has 254 valence electrons. The number of fused-ring (bicyclic) bond motifs is 11. The van der Waals surface area contributed by atoms with Gasteiger partial charge in [-0.3, -0.25) is 0 Å². The lowest BCUT2D eigenvalue weighted by Crippen LogP contribution is -2.56. The van der Waals surface area contributed by atoms with Crippen molar-refractivity contribution in [3.8, 4) is 11.1 Å². The number of allylic oxidation sites excluding steroid dienone is 14. The highest BCUT2D eigenvalue weighted by atomic mass is 32.2. The van der Waals surface area contributed by atoms with Gasteiger partial charge in [-0.2, -0.15) is 0 Å². The zero-order chi connectivity index (χ0) is 34.2. The molecule has 3 aromatic rings. The first-order chi connectivity index (χ1) is 25.8. The molecule has 3 heterocycles. The lowest BCUT2D eigenvalue weighted by molar-refractivity contribution is 0.252. The fourth-order valence-electron chi connectivity index (χ4n) is 10.8. The Morgan fingerprint density at radius 3 is 2.35 bits per heavy atom. The van der Waals surface area contributed by atoms with Crippen molar-refractivity contribution in [3.05, 3.63) is 198 Å². The second kappa shape index (κ2) is 12.3. The smallest absolute Gasteiger partial charge is 0.0586 e. The molecule has 0 bridgehead atoms. The topological polar surface area (TPSA) is 3.24 Å². The van der Waals surface area contributed by atoms with Crippen LogP contribution < -0.4 is 4.90 Å². The summed E-state index contributed by atoms with van der Waals surface area (Å²) in [5.74, 6) is 1.42. The van der Waals surface area contributed by atoms with Crippen molar-refractivity contribution in [2.75, 3.05) is 4.90 Å². The molecule has 9 unspecified atom stereocenters. The SMILES string of the molecule is C1=CCC(C2=CC=CC3SC4C=CC=CC4C4(c5ccccc5Sc5ccc(-c6cccc7c6N(C6C=CC=CC6)C6C=CC=CC76)cc54)C23)C=C1. The predicted octanol–water partition coefficient (Wildman–Crippen LogP) is 11.9. The Kier molecular flexibility index (Phi) is 7.37. The highest BCUT2D eigenvalue weighted by Gasteiger charge is 2.60. The van der Waals surface area contributed by atoms with Crippen LogP contribution >= 0.6 is 23.5 Å². The van der Waals surface area contributed by atoms with E-state index in [0.717, 1.165) is 12.8 Å². The molecule has 1 saturated heterocycles. The van der Waals surface area contributed by atoms with E-state index in [1.165, 1.54) is 43.3 Å². The van der Waals surface area contributed by atoms with Gasteiger partial charge < -0.3 is 4.90 Å². The average molecular weight is 708 g/mol. The quantitative estimate of drug-likeness (QED) is 0.267. The molecule has 3 aromatic carbocycles. The first-order valence-corrected chi connectivity index (χ1v) is 20.8. The van der Waals surface area contributed by atoms with Crippen molar-refractivity contribution in [1.82, 2.24) is 0 Å². The molecule has 0 radical (unpaired) electrons. The van der Waals surface area contributed by atoms with Gasteiger partial charge in [0, 0.05) is 60.6 Å². The summed E-state index contributed by atoms with van der Waals surface area (Å²) in [5.41, 5.74) is 9.93. The van der Waals surface area contributed by atoms with Gasteiger partial charge in [0.1, 0.15) is 0 Å². The minimum Gasteiger partial charge on any atom is -0.357 e. The highest BCUT2D eigenvalue weighted by molar-refractivity contribution is 8.01. The summed E-state index contributed by atoms with van der Waals surface area (Å²) in [6, 6.07) is 24.7. The number of hydrogen-bond acceptors (Lipinski definition) is 3. The molecular formula is C49H41NS2. The van der Waals surface area contributed by atoms with Crippen molar-refractivity contribution in [3.63, 3.8) is 0 Å². The molecule has 0 saturated carbocycles. The van der Waals surface area contributed by atoms with Gasteiger partial charge >= 0.3 is 0 Å². The molecule has 0 N–H and O–H groups in total. The second-order valence-electron chi connectivity index (χ2n) is 15.3. The molecule has 9 atom stereocenters. The van der Waals surface area contributed by atoms with Gasteiger partial charge in [0.15, 0.2) is 0 Å². The van der Waals surface area contributed by atoms with Crippen LogP contribution in [0.25, 0.3) is 11.1 Å². The van der Waals surface area contributed by atoms with E-state index in [-0.39, 0.29) is 5.41 Å². The van der Waals surface area contributed by atoms with Crippen LogP contribution in [0.1, 0.15) is 35.4 Å². The fraction of sp³-hybridized carbons (Fsp3) is 0.224. The number of thioether (sulfide) groups is 1. The molecule has 11 rings (SSSR count). The van der Waals surface area contributed by atoms with Gasteiger partial charge in [0.05, 0.1) is 12.1 Å². The Labute approximate surface area is 316 Å². The van der Waals surface area contributed by atoms with E-state index in [0.29, 0.717) is 46.3 Å². The van der Waals surface area contributed by atoms with Crippen LogP contribution in [0, 0.1) is 17.8 Å². The van der Waals surface area contributed by atoms with Gasteiger partial charge in [-0.05, 0) is 53.3 Å². The van der Waals surface area contributed by atoms with Crippen LogP contribution in [0.5, 0.6) is 0 Å².